The lowest BCUT2D eigenvalue weighted by atomic mass is 9.79. The molecular formula is C21H28N4O3. The van der Waals surface area contributed by atoms with Crippen LogP contribution in [0.15, 0.2) is 24.4 Å². The Hall–Kier alpha value is -2.41. The molecule has 2 fully saturated rings. The van der Waals surface area contributed by atoms with Crippen LogP contribution in [0.4, 0.5) is 0 Å². The van der Waals surface area contributed by atoms with Gasteiger partial charge in [-0.15, -0.1) is 0 Å². The lowest BCUT2D eigenvalue weighted by Gasteiger charge is -2.26. The van der Waals surface area contributed by atoms with Crippen LogP contribution in [0.25, 0.3) is 5.65 Å². The van der Waals surface area contributed by atoms with E-state index in [9.17, 15) is 9.59 Å². The third-order valence-electron chi connectivity index (χ3n) is 6.30. The Kier molecular flexibility index (Phi) is 5.10. The molecule has 0 bridgehead atoms. The number of amides is 2. The third kappa shape index (κ3) is 3.17. The molecule has 2 aromatic heterocycles. The molecule has 2 aromatic rings. The summed E-state index contributed by atoms with van der Waals surface area (Å²) < 4.78 is 7.00. The summed E-state index contributed by atoms with van der Waals surface area (Å²) in [6, 6.07) is 5.74. The first-order valence-corrected chi connectivity index (χ1v) is 10.1. The van der Waals surface area contributed by atoms with Gasteiger partial charge in [0.15, 0.2) is 0 Å². The van der Waals surface area contributed by atoms with Gasteiger partial charge in [-0.25, -0.2) is 4.98 Å². The molecule has 1 spiro atoms. The van der Waals surface area contributed by atoms with Crippen molar-refractivity contribution in [3.05, 3.63) is 35.8 Å². The maximum atomic E-state index is 13.3. The van der Waals surface area contributed by atoms with Crippen LogP contribution in [0, 0.1) is 12.3 Å². The number of rotatable bonds is 4. The molecule has 0 saturated carbocycles. The van der Waals surface area contributed by atoms with Crippen molar-refractivity contribution in [2.45, 2.75) is 32.6 Å². The van der Waals surface area contributed by atoms with Crippen LogP contribution < -0.4 is 0 Å². The Labute approximate surface area is 165 Å². The summed E-state index contributed by atoms with van der Waals surface area (Å²) in [5.41, 5.74) is 1.86. The molecule has 2 saturated heterocycles. The molecule has 7 heteroatoms. The molecule has 2 aliphatic heterocycles. The molecule has 1 unspecified atom stereocenters. The fourth-order valence-electron chi connectivity index (χ4n) is 4.69. The number of aryl methyl sites for hydroxylation is 1. The van der Waals surface area contributed by atoms with E-state index in [0.29, 0.717) is 31.9 Å². The number of methoxy groups -OCH3 is 1. The predicted octanol–water partition coefficient (Wildman–Crippen LogP) is 2.13. The van der Waals surface area contributed by atoms with Gasteiger partial charge in [0.1, 0.15) is 11.3 Å². The first-order chi connectivity index (χ1) is 13.6. The van der Waals surface area contributed by atoms with Gasteiger partial charge in [-0.1, -0.05) is 6.07 Å². The van der Waals surface area contributed by atoms with Gasteiger partial charge >= 0.3 is 0 Å². The highest BCUT2D eigenvalue weighted by molar-refractivity contribution is 5.95. The van der Waals surface area contributed by atoms with Gasteiger partial charge < -0.3 is 14.5 Å². The number of imidazole rings is 1. The number of nitrogens with zero attached hydrogens (tertiary/aromatic N) is 4. The summed E-state index contributed by atoms with van der Waals surface area (Å²) in [5.74, 6) is 0.250. The minimum Gasteiger partial charge on any atom is -0.383 e. The van der Waals surface area contributed by atoms with E-state index in [1.807, 2.05) is 45.5 Å². The summed E-state index contributed by atoms with van der Waals surface area (Å²) in [6.45, 7) is 5.20. The van der Waals surface area contributed by atoms with Gasteiger partial charge in [-0.2, -0.15) is 0 Å². The summed E-state index contributed by atoms with van der Waals surface area (Å²) in [5, 5.41) is 0. The largest absolute Gasteiger partial charge is 0.383 e. The molecule has 0 N–H and O–H groups in total. The fraction of sp³-hybridized carbons (Fsp3) is 0.571. The van der Waals surface area contributed by atoms with Gasteiger partial charge in [0.05, 0.1) is 17.7 Å². The van der Waals surface area contributed by atoms with E-state index in [-0.39, 0.29) is 17.2 Å². The van der Waals surface area contributed by atoms with E-state index in [1.54, 1.807) is 7.11 Å². The molecule has 7 nitrogen and oxygen atoms in total. The Morgan fingerprint density at radius 2 is 2.04 bits per heavy atom. The van der Waals surface area contributed by atoms with E-state index in [2.05, 4.69) is 4.98 Å². The zero-order valence-corrected chi connectivity index (χ0v) is 16.7. The quantitative estimate of drug-likeness (QED) is 0.810. The highest BCUT2D eigenvalue weighted by Gasteiger charge is 2.47. The highest BCUT2D eigenvalue weighted by Crippen LogP contribution is 2.41. The zero-order chi connectivity index (χ0) is 19.7. The van der Waals surface area contributed by atoms with Gasteiger partial charge in [0.2, 0.25) is 5.91 Å². The lowest BCUT2D eigenvalue weighted by molar-refractivity contribution is -0.137. The standard InChI is InChI=1S/C21H28N4O3/c1-16-18(25-11-4-3-6-17(25)22-16)19(26)23-10-5-7-21(8-12-23)9-13-24(20(21)27)14-15-28-2/h3-4,6,11H,5,7-10,12-15H2,1-2H3. The van der Waals surface area contributed by atoms with E-state index in [1.165, 1.54) is 0 Å². The lowest BCUT2D eigenvalue weighted by Crippen LogP contribution is -2.38. The van der Waals surface area contributed by atoms with E-state index >= 15 is 0 Å². The van der Waals surface area contributed by atoms with Crippen molar-refractivity contribution in [2.24, 2.45) is 5.41 Å². The van der Waals surface area contributed by atoms with Crippen LogP contribution in [0.1, 0.15) is 41.9 Å². The first-order valence-electron chi connectivity index (χ1n) is 10.1. The van der Waals surface area contributed by atoms with Crippen LogP contribution in [0.5, 0.6) is 0 Å². The van der Waals surface area contributed by atoms with Gasteiger partial charge in [-0.3, -0.25) is 14.0 Å². The molecule has 0 aliphatic carbocycles. The van der Waals surface area contributed by atoms with Gasteiger partial charge in [0, 0.05) is 39.5 Å². The van der Waals surface area contributed by atoms with Crippen molar-refractivity contribution in [3.8, 4) is 0 Å². The number of likely N-dealkylation sites (tertiary alicyclic amines) is 2. The number of fused-ring (bicyclic) bond motifs is 1. The topological polar surface area (TPSA) is 67.2 Å². The summed E-state index contributed by atoms with van der Waals surface area (Å²) >= 11 is 0. The fourth-order valence-corrected chi connectivity index (χ4v) is 4.69. The summed E-state index contributed by atoms with van der Waals surface area (Å²) in [7, 11) is 1.66. The molecule has 1 atom stereocenters. The Bertz CT molecular complexity index is 893. The number of carbonyl (C=O) groups excluding carboxylic acids is 2. The number of hydrogen-bond acceptors (Lipinski definition) is 4. The second-order valence-corrected chi connectivity index (χ2v) is 7.94. The van der Waals surface area contributed by atoms with Crippen molar-refractivity contribution in [1.29, 1.82) is 0 Å². The Morgan fingerprint density at radius 3 is 2.86 bits per heavy atom. The van der Waals surface area contributed by atoms with Crippen molar-refractivity contribution in [3.63, 3.8) is 0 Å². The van der Waals surface area contributed by atoms with Crippen LogP contribution in [-0.4, -0.2) is 70.9 Å². The van der Waals surface area contributed by atoms with E-state index < -0.39 is 0 Å². The molecule has 2 aliphatic rings. The van der Waals surface area contributed by atoms with Crippen LogP contribution in [-0.2, 0) is 9.53 Å². The second-order valence-electron chi connectivity index (χ2n) is 7.94. The van der Waals surface area contributed by atoms with Gasteiger partial charge in [-0.05, 0) is 44.7 Å². The average Bonchev–Trinajstić information content (AvgIpc) is 3.08. The van der Waals surface area contributed by atoms with E-state index in [4.69, 9.17) is 4.74 Å². The predicted molar refractivity (Wildman–Crippen MR) is 105 cm³/mol. The molecule has 4 heterocycles. The molecule has 2 amide bonds. The number of carbonyl (C=O) groups is 2. The minimum atomic E-state index is -0.308. The molecule has 28 heavy (non-hydrogen) atoms. The number of hydrogen-bond donors (Lipinski definition) is 0. The zero-order valence-electron chi connectivity index (χ0n) is 16.7. The number of ether oxygens (including phenoxy) is 1. The maximum Gasteiger partial charge on any atom is 0.272 e. The molecule has 0 aromatic carbocycles. The smallest absolute Gasteiger partial charge is 0.272 e. The van der Waals surface area contributed by atoms with Crippen LogP contribution in [0.2, 0.25) is 0 Å². The van der Waals surface area contributed by atoms with Gasteiger partial charge in [0.25, 0.3) is 5.91 Å². The third-order valence-corrected chi connectivity index (χ3v) is 6.30. The minimum absolute atomic E-state index is 0.00920. The highest BCUT2D eigenvalue weighted by atomic mass is 16.5. The van der Waals surface area contributed by atoms with Crippen LogP contribution >= 0.6 is 0 Å². The first kappa shape index (κ1) is 18.9. The number of aromatic nitrogens is 2. The molecule has 4 rings (SSSR count). The van der Waals surface area contributed by atoms with Crippen LogP contribution in [0.3, 0.4) is 0 Å². The van der Waals surface area contributed by atoms with Crippen molar-refractivity contribution < 1.29 is 14.3 Å². The van der Waals surface area contributed by atoms with Crippen molar-refractivity contribution >= 4 is 17.5 Å². The molecular weight excluding hydrogens is 356 g/mol. The van der Waals surface area contributed by atoms with Crippen molar-refractivity contribution in [2.75, 3.05) is 39.9 Å². The normalized spacial score (nSPS) is 23.0. The maximum absolute atomic E-state index is 13.3. The summed E-state index contributed by atoms with van der Waals surface area (Å²) in [6.07, 6.45) is 5.20. The number of pyridine rings is 1. The van der Waals surface area contributed by atoms with Crippen molar-refractivity contribution in [1.82, 2.24) is 19.2 Å². The monoisotopic (exact) mass is 384 g/mol. The Balaban J connectivity index is 1.51. The van der Waals surface area contributed by atoms with E-state index in [0.717, 1.165) is 43.6 Å². The SMILES string of the molecule is COCCN1CCC2(CCCN(C(=O)c3c(C)nc4ccccn34)CC2)C1=O. The second kappa shape index (κ2) is 7.54. The average molecular weight is 384 g/mol. The molecule has 0 radical (unpaired) electrons. The molecule has 150 valence electrons. The summed E-state index contributed by atoms with van der Waals surface area (Å²) in [4.78, 5) is 34.7. The Morgan fingerprint density at radius 1 is 1.21 bits per heavy atom.